The molecular weight excluding hydrogens is 482 g/mol. The molecule has 0 spiro atoms. The van der Waals surface area contributed by atoms with Gasteiger partial charge in [0.15, 0.2) is 11.5 Å². The molecule has 0 atom stereocenters. The van der Waals surface area contributed by atoms with Crippen LogP contribution in [0.25, 0.3) is 10.9 Å². The maximum atomic E-state index is 5.72. The van der Waals surface area contributed by atoms with Gasteiger partial charge in [0.1, 0.15) is 13.2 Å². The summed E-state index contributed by atoms with van der Waals surface area (Å²) in [6.45, 7) is 7.83. The fourth-order valence-corrected chi connectivity index (χ4v) is 5.03. The molecule has 1 saturated heterocycles. The van der Waals surface area contributed by atoms with Gasteiger partial charge in [-0.15, -0.1) is 0 Å². The van der Waals surface area contributed by atoms with Crippen LogP contribution in [-0.2, 0) is 12.8 Å². The molecule has 174 valence electrons. The maximum absolute atomic E-state index is 5.72. The van der Waals surface area contributed by atoms with Crippen molar-refractivity contribution in [1.82, 2.24) is 14.8 Å². The summed E-state index contributed by atoms with van der Waals surface area (Å²) in [4.78, 5) is 9.84. The van der Waals surface area contributed by atoms with Crippen LogP contribution in [0, 0.1) is 0 Å². The van der Waals surface area contributed by atoms with Gasteiger partial charge in [-0.3, -0.25) is 0 Å². The average Bonchev–Trinajstić information content (AvgIpc) is 2.87. The molecule has 3 heterocycles. The van der Waals surface area contributed by atoms with Crippen molar-refractivity contribution in [2.75, 3.05) is 59.6 Å². The Morgan fingerprint density at radius 2 is 1.61 bits per heavy atom. The number of halogens is 1. The Balaban J connectivity index is 1.12. The molecule has 0 unspecified atom stereocenters. The van der Waals surface area contributed by atoms with Gasteiger partial charge in [0.25, 0.3) is 0 Å². The molecule has 2 aromatic carbocycles. The van der Waals surface area contributed by atoms with E-state index >= 15 is 0 Å². The first-order valence-electron chi connectivity index (χ1n) is 11.6. The lowest BCUT2D eigenvalue weighted by Crippen LogP contribution is -2.47. The van der Waals surface area contributed by atoms with Crippen LogP contribution in [-0.4, -0.2) is 74.4 Å². The minimum absolute atomic E-state index is 0.637. The zero-order valence-electron chi connectivity index (χ0n) is 19.1. The molecule has 7 heteroatoms. The third kappa shape index (κ3) is 5.26. The molecule has 0 amide bonds. The minimum atomic E-state index is 0.637. The van der Waals surface area contributed by atoms with Gasteiger partial charge in [0.2, 0.25) is 5.88 Å². The van der Waals surface area contributed by atoms with Crippen LogP contribution in [0.15, 0.2) is 46.9 Å². The number of methoxy groups -OCH3 is 1. The molecule has 6 nitrogen and oxygen atoms in total. The van der Waals surface area contributed by atoms with E-state index in [1.165, 1.54) is 11.1 Å². The Kier molecular flexibility index (Phi) is 6.99. The minimum Gasteiger partial charge on any atom is -0.486 e. The van der Waals surface area contributed by atoms with Crippen molar-refractivity contribution in [3.8, 4) is 17.4 Å². The number of hydrogen-bond acceptors (Lipinski definition) is 6. The van der Waals surface area contributed by atoms with E-state index in [9.17, 15) is 0 Å². The van der Waals surface area contributed by atoms with Crippen LogP contribution in [0.2, 0.25) is 0 Å². The van der Waals surface area contributed by atoms with Crippen molar-refractivity contribution in [2.45, 2.75) is 12.8 Å². The molecule has 5 rings (SSSR count). The van der Waals surface area contributed by atoms with Crippen molar-refractivity contribution >= 4 is 26.8 Å². The molecule has 2 aliphatic heterocycles. The Morgan fingerprint density at radius 1 is 0.879 bits per heavy atom. The van der Waals surface area contributed by atoms with Crippen molar-refractivity contribution in [3.05, 3.63) is 58.1 Å². The largest absolute Gasteiger partial charge is 0.486 e. The van der Waals surface area contributed by atoms with Gasteiger partial charge < -0.3 is 24.0 Å². The van der Waals surface area contributed by atoms with Crippen molar-refractivity contribution in [1.29, 1.82) is 0 Å². The first-order chi connectivity index (χ1) is 16.2. The van der Waals surface area contributed by atoms with E-state index in [1.54, 1.807) is 7.11 Å². The summed E-state index contributed by atoms with van der Waals surface area (Å²) in [5, 5.41) is 1.14. The molecule has 1 fully saturated rings. The Labute approximate surface area is 203 Å². The molecule has 0 bridgehead atoms. The molecule has 33 heavy (non-hydrogen) atoms. The number of hydrogen-bond donors (Lipinski definition) is 0. The molecule has 0 aliphatic carbocycles. The Bertz CT molecular complexity index is 1120. The van der Waals surface area contributed by atoms with E-state index in [0.29, 0.717) is 19.1 Å². The number of ether oxygens (including phenoxy) is 3. The lowest BCUT2D eigenvalue weighted by Gasteiger charge is -2.34. The number of benzene rings is 2. The number of rotatable bonds is 7. The number of fused-ring (bicyclic) bond motifs is 2. The van der Waals surface area contributed by atoms with E-state index in [1.807, 2.05) is 12.1 Å². The zero-order chi connectivity index (χ0) is 22.6. The number of piperazine rings is 1. The highest BCUT2D eigenvalue weighted by Crippen LogP contribution is 2.31. The predicted octanol–water partition coefficient (Wildman–Crippen LogP) is 4.18. The summed E-state index contributed by atoms with van der Waals surface area (Å²) < 4.78 is 17.8. The van der Waals surface area contributed by atoms with Gasteiger partial charge >= 0.3 is 0 Å². The first-order valence-corrected chi connectivity index (χ1v) is 12.4. The maximum Gasteiger partial charge on any atom is 0.213 e. The van der Waals surface area contributed by atoms with Crippen LogP contribution in [0.5, 0.6) is 17.4 Å². The SMILES string of the molecule is COc1ccc2c(Br)ccc(CCN3CCN(CCc4ccc5c(c4)OCCO5)CC3)c2n1. The fourth-order valence-electron chi connectivity index (χ4n) is 4.58. The van der Waals surface area contributed by atoms with Crippen molar-refractivity contribution in [2.24, 2.45) is 0 Å². The van der Waals surface area contributed by atoms with E-state index in [4.69, 9.17) is 19.2 Å². The average molecular weight is 512 g/mol. The molecule has 0 saturated carbocycles. The molecular formula is C26H30BrN3O3. The summed E-state index contributed by atoms with van der Waals surface area (Å²) >= 11 is 3.65. The summed E-state index contributed by atoms with van der Waals surface area (Å²) in [6.07, 6.45) is 2.02. The number of pyridine rings is 1. The van der Waals surface area contributed by atoms with E-state index < -0.39 is 0 Å². The fraction of sp³-hybridized carbons (Fsp3) is 0.423. The first kappa shape index (κ1) is 22.4. The molecule has 2 aliphatic rings. The van der Waals surface area contributed by atoms with Gasteiger partial charge in [-0.25, -0.2) is 4.98 Å². The number of nitrogens with zero attached hydrogens (tertiary/aromatic N) is 3. The summed E-state index contributed by atoms with van der Waals surface area (Å²) in [5.74, 6) is 2.41. The second kappa shape index (κ2) is 10.3. The topological polar surface area (TPSA) is 47.1 Å². The lowest BCUT2D eigenvalue weighted by atomic mass is 10.1. The molecule has 1 aromatic heterocycles. The second-order valence-electron chi connectivity index (χ2n) is 8.62. The highest BCUT2D eigenvalue weighted by atomic mass is 79.9. The Hall–Kier alpha value is -2.35. The van der Waals surface area contributed by atoms with Crippen molar-refractivity contribution in [3.63, 3.8) is 0 Å². The molecule has 0 N–H and O–H groups in total. The molecule has 0 radical (unpaired) electrons. The monoisotopic (exact) mass is 511 g/mol. The summed E-state index contributed by atoms with van der Waals surface area (Å²) in [7, 11) is 1.67. The van der Waals surface area contributed by atoms with Gasteiger partial charge in [-0.1, -0.05) is 28.1 Å². The van der Waals surface area contributed by atoms with Crippen LogP contribution < -0.4 is 14.2 Å². The van der Waals surface area contributed by atoms with Gasteiger partial charge in [0, 0.05) is 55.2 Å². The Morgan fingerprint density at radius 3 is 2.36 bits per heavy atom. The van der Waals surface area contributed by atoms with Crippen LogP contribution in [0.3, 0.4) is 0 Å². The van der Waals surface area contributed by atoms with Gasteiger partial charge in [-0.2, -0.15) is 0 Å². The lowest BCUT2D eigenvalue weighted by molar-refractivity contribution is 0.134. The standard InChI is InChI=1S/C26H30BrN3O3/c1-31-25-7-4-21-22(27)5-3-20(26(21)28-25)9-11-30-14-12-29(13-15-30)10-8-19-2-6-23-24(18-19)33-17-16-32-23/h2-7,18H,8-17H2,1H3. The smallest absolute Gasteiger partial charge is 0.213 e. The van der Waals surface area contributed by atoms with E-state index in [2.05, 4.69) is 56.1 Å². The van der Waals surface area contributed by atoms with Crippen LogP contribution in [0.4, 0.5) is 0 Å². The normalized spacial score (nSPS) is 16.8. The third-order valence-electron chi connectivity index (χ3n) is 6.56. The summed E-state index contributed by atoms with van der Waals surface area (Å²) in [6, 6.07) is 14.6. The quantitative estimate of drug-likeness (QED) is 0.474. The molecule has 3 aromatic rings. The van der Waals surface area contributed by atoms with E-state index in [-0.39, 0.29) is 0 Å². The predicted molar refractivity (Wildman–Crippen MR) is 134 cm³/mol. The van der Waals surface area contributed by atoms with Crippen LogP contribution in [0.1, 0.15) is 11.1 Å². The third-order valence-corrected chi connectivity index (χ3v) is 7.25. The number of aromatic nitrogens is 1. The summed E-state index contributed by atoms with van der Waals surface area (Å²) in [5.41, 5.74) is 3.61. The van der Waals surface area contributed by atoms with Crippen LogP contribution >= 0.6 is 15.9 Å². The second-order valence-corrected chi connectivity index (χ2v) is 9.47. The van der Waals surface area contributed by atoms with Gasteiger partial charge in [0.05, 0.1) is 12.6 Å². The zero-order valence-corrected chi connectivity index (χ0v) is 20.6. The van der Waals surface area contributed by atoms with E-state index in [0.717, 1.165) is 79.0 Å². The van der Waals surface area contributed by atoms with Gasteiger partial charge in [-0.05, 0) is 48.2 Å². The highest BCUT2D eigenvalue weighted by Gasteiger charge is 2.18. The highest BCUT2D eigenvalue weighted by molar-refractivity contribution is 9.10. The van der Waals surface area contributed by atoms with Crippen molar-refractivity contribution < 1.29 is 14.2 Å².